The number of nitrogen functional groups attached to an aromatic ring is 1. The molecule has 0 radical (unpaired) electrons. The van der Waals surface area contributed by atoms with Gasteiger partial charge in [0.05, 0.1) is 0 Å². The monoisotopic (exact) mass is 415 g/mol. The third-order valence-electron chi connectivity index (χ3n) is 5.36. The summed E-state index contributed by atoms with van der Waals surface area (Å²) in [6.45, 7) is 8.87. The maximum absolute atomic E-state index is 14.3. The van der Waals surface area contributed by atoms with E-state index in [1.807, 2.05) is 6.07 Å². The molecule has 2 atom stereocenters. The molecule has 0 spiro atoms. The summed E-state index contributed by atoms with van der Waals surface area (Å²) in [5.41, 5.74) is 8.34. The smallest absolute Gasteiger partial charge is 0.269 e. The number of carbonyl (C=O) groups is 1. The van der Waals surface area contributed by atoms with E-state index in [2.05, 4.69) is 27.4 Å². The Hall–Kier alpha value is -2.71. The number of benzene rings is 1. The highest BCUT2D eigenvalue weighted by molar-refractivity contribution is 5.94. The Bertz CT molecular complexity index is 921. The van der Waals surface area contributed by atoms with E-state index in [4.69, 9.17) is 10.5 Å². The van der Waals surface area contributed by atoms with Crippen molar-refractivity contribution in [3.8, 4) is 5.75 Å². The minimum Gasteiger partial charge on any atom is -0.481 e. The van der Waals surface area contributed by atoms with Gasteiger partial charge in [-0.1, -0.05) is 12.1 Å². The molecular weight excluding hydrogens is 385 g/mol. The van der Waals surface area contributed by atoms with E-state index >= 15 is 0 Å². The van der Waals surface area contributed by atoms with E-state index in [0.29, 0.717) is 29.5 Å². The molecule has 1 fully saturated rings. The number of amides is 1. The number of aromatic nitrogens is 1. The Morgan fingerprint density at radius 2 is 2.17 bits per heavy atom. The summed E-state index contributed by atoms with van der Waals surface area (Å²) in [4.78, 5) is 18.5. The Balaban J connectivity index is 1.91. The molecule has 2 aromatic rings. The second-order valence-corrected chi connectivity index (χ2v) is 7.85. The lowest BCUT2D eigenvalue weighted by atomic mass is 10.1. The van der Waals surface area contributed by atoms with Crippen LogP contribution >= 0.6 is 0 Å². The normalized spacial score (nSPS) is 18.1. The fraction of sp³-hybridized carbons (Fsp3) is 0.455. The number of aryl methyl sites for hydroxylation is 2. The van der Waals surface area contributed by atoms with Gasteiger partial charge in [0.15, 0.2) is 11.6 Å². The van der Waals surface area contributed by atoms with Crippen LogP contribution in [0.4, 0.5) is 10.2 Å². The molecule has 4 N–H and O–H groups in total. The molecule has 0 aliphatic carbocycles. The van der Waals surface area contributed by atoms with Crippen LogP contribution in [0.15, 0.2) is 24.3 Å². The second kappa shape index (κ2) is 9.40. The van der Waals surface area contributed by atoms with Gasteiger partial charge in [-0.05, 0) is 49.6 Å². The summed E-state index contributed by atoms with van der Waals surface area (Å²) in [5, 5.41) is 5.97. The van der Waals surface area contributed by atoms with E-state index in [9.17, 15) is 9.18 Å². The molecule has 8 heteroatoms. The molecule has 1 aliphatic heterocycles. The lowest BCUT2D eigenvalue weighted by Crippen LogP contribution is -2.50. The van der Waals surface area contributed by atoms with E-state index in [1.54, 1.807) is 33.0 Å². The van der Waals surface area contributed by atoms with Gasteiger partial charge in [0.1, 0.15) is 17.6 Å². The van der Waals surface area contributed by atoms with Crippen LogP contribution in [0.3, 0.4) is 0 Å². The Morgan fingerprint density at radius 3 is 2.83 bits per heavy atom. The molecule has 2 heterocycles. The number of nitrogens with one attached hydrogen (secondary N) is 2. The first-order chi connectivity index (χ1) is 14.3. The minimum atomic E-state index is -0.431. The summed E-state index contributed by atoms with van der Waals surface area (Å²) < 4.78 is 20.5. The number of hydrogen-bond acceptors (Lipinski definition) is 6. The molecule has 1 saturated heterocycles. The lowest BCUT2D eigenvalue weighted by Gasteiger charge is -2.34. The Kier molecular flexibility index (Phi) is 6.89. The fourth-order valence-corrected chi connectivity index (χ4v) is 3.63. The third kappa shape index (κ3) is 5.06. The molecule has 1 aliphatic rings. The van der Waals surface area contributed by atoms with Gasteiger partial charge in [-0.25, -0.2) is 9.37 Å². The van der Waals surface area contributed by atoms with Gasteiger partial charge in [0.2, 0.25) is 0 Å². The van der Waals surface area contributed by atoms with Crippen molar-refractivity contribution in [3.05, 3.63) is 52.5 Å². The maximum Gasteiger partial charge on any atom is 0.269 e. The summed E-state index contributed by atoms with van der Waals surface area (Å²) in [7, 11) is 1.54. The molecule has 162 valence electrons. The predicted octanol–water partition coefficient (Wildman–Crippen LogP) is 2.19. The molecule has 1 amide bonds. The van der Waals surface area contributed by atoms with Crippen LogP contribution in [-0.4, -0.2) is 55.1 Å². The Morgan fingerprint density at radius 1 is 1.40 bits per heavy atom. The van der Waals surface area contributed by atoms with Gasteiger partial charge in [0, 0.05) is 39.3 Å². The number of ether oxygens (including phenoxy) is 1. The number of halogens is 1. The Labute approximate surface area is 176 Å². The standard InChI is InChI=1S/C22H30FN5O2/c1-13-5-6-16(10-17(13)23)19(12-28-8-7-26-15(3)11-28)30-18-9-14(2)20(22(29)25-4)27-21(18)24/h5-6,9-10,15,19,26H,7-8,11-12H2,1-4H3,(H2,24,27)(H,25,29)/t15-,19-/m1/s1. The molecule has 30 heavy (non-hydrogen) atoms. The minimum absolute atomic E-state index is 0.130. The number of pyridine rings is 1. The van der Waals surface area contributed by atoms with Gasteiger partial charge >= 0.3 is 0 Å². The van der Waals surface area contributed by atoms with Crippen molar-refractivity contribution in [3.63, 3.8) is 0 Å². The van der Waals surface area contributed by atoms with Crippen LogP contribution in [0.25, 0.3) is 0 Å². The average Bonchev–Trinajstić information content (AvgIpc) is 2.71. The molecule has 1 aromatic heterocycles. The van der Waals surface area contributed by atoms with Crippen LogP contribution in [0, 0.1) is 19.7 Å². The highest BCUT2D eigenvalue weighted by atomic mass is 19.1. The summed E-state index contributed by atoms with van der Waals surface area (Å²) in [6.07, 6.45) is -0.431. The van der Waals surface area contributed by atoms with Crippen LogP contribution in [0.5, 0.6) is 5.75 Å². The maximum atomic E-state index is 14.3. The quantitative estimate of drug-likeness (QED) is 0.670. The lowest BCUT2D eigenvalue weighted by molar-refractivity contribution is 0.0957. The number of nitrogens with two attached hydrogens (primary N) is 1. The average molecular weight is 416 g/mol. The van der Waals surface area contributed by atoms with Crippen molar-refractivity contribution < 1.29 is 13.9 Å². The van der Waals surface area contributed by atoms with Gasteiger partial charge < -0.3 is 21.1 Å². The first kappa shape index (κ1) is 22.0. The largest absolute Gasteiger partial charge is 0.481 e. The molecule has 0 bridgehead atoms. The number of anilines is 1. The molecule has 3 rings (SSSR count). The number of carbonyl (C=O) groups excluding carboxylic acids is 1. The van der Waals surface area contributed by atoms with Crippen LogP contribution in [-0.2, 0) is 0 Å². The third-order valence-corrected chi connectivity index (χ3v) is 5.36. The van der Waals surface area contributed by atoms with Crippen molar-refractivity contribution in [2.24, 2.45) is 0 Å². The number of piperazine rings is 1. The van der Waals surface area contributed by atoms with Crippen molar-refractivity contribution in [2.45, 2.75) is 32.9 Å². The van der Waals surface area contributed by atoms with E-state index < -0.39 is 6.10 Å². The van der Waals surface area contributed by atoms with E-state index in [1.165, 1.54) is 6.07 Å². The van der Waals surface area contributed by atoms with E-state index in [-0.39, 0.29) is 23.2 Å². The van der Waals surface area contributed by atoms with Gasteiger partial charge in [-0.3, -0.25) is 9.69 Å². The predicted molar refractivity (Wildman–Crippen MR) is 115 cm³/mol. The zero-order chi connectivity index (χ0) is 21.8. The summed E-state index contributed by atoms with van der Waals surface area (Å²) in [5.74, 6) is -0.0653. The highest BCUT2D eigenvalue weighted by Crippen LogP contribution is 2.30. The van der Waals surface area contributed by atoms with Gasteiger partial charge in [-0.15, -0.1) is 0 Å². The summed E-state index contributed by atoms with van der Waals surface area (Å²) >= 11 is 0. The van der Waals surface area contributed by atoms with Crippen LogP contribution in [0.1, 0.15) is 40.2 Å². The van der Waals surface area contributed by atoms with Crippen molar-refractivity contribution in [2.75, 3.05) is 39.0 Å². The second-order valence-electron chi connectivity index (χ2n) is 7.85. The molecule has 1 aromatic carbocycles. The topological polar surface area (TPSA) is 92.5 Å². The first-order valence-electron chi connectivity index (χ1n) is 10.2. The van der Waals surface area contributed by atoms with Crippen molar-refractivity contribution in [1.82, 2.24) is 20.5 Å². The molecule has 0 saturated carbocycles. The highest BCUT2D eigenvalue weighted by Gasteiger charge is 2.24. The van der Waals surface area contributed by atoms with E-state index in [0.717, 1.165) is 25.2 Å². The van der Waals surface area contributed by atoms with Crippen LogP contribution < -0.4 is 21.1 Å². The van der Waals surface area contributed by atoms with Gasteiger partial charge in [0.25, 0.3) is 5.91 Å². The zero-order valence-electron chi connectivity index (χ0n) is 18.0. The fourth-order valence-electron chi connectivity index (χ4n) is 3.63. The first-order valence-corrected chi connectivity index (χ1v) is 10.2. The SMILES string of the molecule is CNC(=O)c1nc(N)c(O[C@H](CN2CCN[C@H](C)C2)c2ccc(C)c(F)c2)cc1C. The van der Waals surface area contributed by atoms with Crippen molar-refractivity contribution >= 4 is 11.7 Å². The number of nitrogens with zero attached hydrogens (tertiary/aromatic N) is 2. The molecular formula is C22H30FN5O2. The number of rotatable bonds is 6. The van der Waals surface area contributed by atoms with Crippen molar-refractivity contribution in [1.29, 1.82) is 0 Å². The molecule has 7 nitrogen and oxygen atoms in total. The van der Waals surface area contributed by atoms with Gasteiger partial charge in [-0.2, -0.15) is 0 Å². The number of hydrogen-bond donors (Lipinski definition) is 3. The zero-order valence-corrected chi connectivity index (χ0v) is 18.0. The van der Waals surface area contributed by atoms with Crippen LogP contribution in [0.2, 0.25) is 0 Å². The summed E-state index contributed by atoms with van der Waals surface area (Å²) in [6, 6.07) is 7.23. The molecule has 0 unspecified atom stereocenters.